The van der Waals surface area contributed by atoms with Crippen LogP contribution in [0.15, 0.2) is 53.9 Å². The van der Waals surface area contributed by atoms with Gasteiger partial charge in [0.05, 0.1) is 5.69 Å². The Morgan fingerprint density at radius 2 is 1.80 bits per heavy atom. The number of anilines is 1. The van der Waals surface area contributed by atoms with E-state index in [4.69, 9.17) is 0 Å². The molecule has 2 aromatic carbocycles. The van der Waals surface area contributed by atoms with Crippen molar-refractivity contribution >= 4 is 33.8 Å². The molecule has 0 bridgehead atoms. The monoisotopic (exact) mass is 419 g/mol. The van der Waals surface area contributed by atoms with Crippen molar-refractivity contribution in [2.45, 2.75) is 20.3 Å². The molecule has 0 unspecified atom stereocenters. The van der Waals surface area contributed by atoms with E-state index in [1.165, 1.54) is 11.3 Å². The predicted octanol–water partition coefficient (Wildman–Crippen LogP) is 3.37. The third kappa shape index (κ3) is 4.23. The minimum atomic E-state index is -0.683. The molecule has 0 aliphatic heterocycles. The maximum atomic E-state index is 12.1. The summed E-state index contributed by atoms with van der Waals surface area (Å²) < 4.78 is 1.80. The van der Waals surface area contributed by atoms with Crippen LogP contribution in [0.2, 0.25) is 0 Å². The molecular weight excluding hydrogens is 398 g/mol. The second kappa shape index (κ2) is 8.46. The molecule has 0 atom stereocenters. The summed E-state index contributed by atoms with van der Waals surface area (Å²) in [5.41, 5.74) is 4.72. The number of hydrogen-bond donors (Lipinski definition) is 2. The van der Waals surface area contributed by atoms with Gasteiger partial charge in [-0.05, 0) is 31.5 Å². The Kier molecular flexibility index (Phi) is 5.58. The standard InChI is InChI=1S/C22H21N5O2S/c1-14-7-9-16(10-8-14)24-21(29)20(28)23-12-11-17-13-30-22-25-19(26-27(17)22)18-6-4-3-5-15(18)2/h3-10,13H,11-12H2,1-2H3,(H,23,28)(H,24,29). The smallest absolute Gasteiger partial charge is 0.313 e. The molecule has 0 aliphatic carbocycles. The number of hydrogen-bond acceptors (Lipinski definition) is 5. The minimum absolute atomic E-state index is 0.325. The van der Waals surface area contributed by atoms with Gasteiger partial charge in [0.2, 0.25) is 4.96 Å². The number of thiazole rings is 1. The molecule has 2 amide bonds. The van der Waals surface area contributed by atoms with Gasteiger partial charge in [-0.15, -0.1) is 16.4 Å². The van der Waals surface area contributed by atoms with Crippen LogP contribution >= 0.6 is 11.3 Å². The number of aromatic nitrogens is 3. The van der Waals surface area contributed by atoms with Gasteiger partial charge in [0.1, 0.15) is 0 Å². The molecule has 8 heteroatoms. The lowest BCUT2D eigenvalue weighted by atomic mass is 10.1. The highest BCUT2D eigenvalue weighted by Crippen LogP contribution is 2.23. The van der Waals surface area contributed by atoms with Crippen molar-refractivity contribution in [2.24, 2.45) is 0 Å². The molecule has 0 fully saturated rings. The Hall–Kier alpha value is -3.52. The highest BCUT2D eigenvalue weighted by Gasteiger charge is 2.15. The van der Waals surface area contributed by atoms with Gasteiger partial charge in [-0.25, -0.2) is 4.52 Å². The Bertz CT molecular complexity index is 1210. The number of carbonyl (C=O) groups excluding carboxylic acids is 2. The molecule has 0 saturated heterocycles. The molecule has 0 spiro atoms. The largest absolute Gasteiger partial charge is 0.347 e. The van der Waals surface area contributed by atoms with Crippen LogP contribution in [0.5, 0.6) is 0 Å². The molecule has 2 aromatic heterocycles. The summed E-state index contributed by atoms with van der Waals surface area (Å²) in [5.74, 6) is -0.666. The summed E-state index contributed by atoms with van der Waals surface area (Å²) in [6, 6.07) is 15.3. The number of amides is 2. The molecule has 0 radical (unpaired) electrons. The molecule has 30 heavy (non-hydrogen) atoms. The second-order valence-electron chi connectivity index (χ2n) is 7.00. The number of carbonyl (C=O) groups is 2. The molecule has 4 rings (SSSR count). The normalized spacial score (nSPS) is 10.9. The Labute approximate surface area is 177 Å². The Morgan fingerprint density at radius 3 is 2.57 bits per heavy atom. The fourth-order valence-corrected chi connectivity index (χ4v) is 3.90. The van der Waals surface area contributed by atoms with Gasteiger partial charge in [-0.3, -0.25) is 9.59 Å². The van der Waals surface area contributed by atoms with Crippen LogP contribution in [0.3, 0.4) is 0 Å². The van der Waals surface area contributed by atoms with E-state index in [0.717, 1.165) is 27.3 Å². The molecule has 152 valence electrons. The topological polar surface area (TPSA) is 88.4 Å². The van der Waals surface area contributed by atoms with Crippen LogP contribution in [0, 0.1) is 13.8 Å². The van der Waals surface area contributed by atoms with Crippen LogP contribution in [0.25, 0.3) is 16.3 Å². The number of nitrogens with zero attached hydrogens (tertiary/aromatic N) is 3. The minimum Gasteiger partial charge on any atom is -0.347 e. The SMILES string of the molecule is Cc1ccc(NC(=O)C(=O)NCCc2csc3nc(-c4ccccc4C)nn23)cc1. The first kappa shape index (κ1) is 19.8. The lowest BCUT2D eigenvalue weighted by Crippen LogP contribution is -2.36. The maximum Gasteiger partial charge on any atom is 0.313 e. The van der Waals surface area contributed by atoms with E-state index in [1.54, 1.807) is 16.6 Å². The van der Waals surface area contributed by atoms with Crippen molar-refractivity contribution in [3.05, 3.63) is 70.7 Å². The van der Waals surface area contributed by atoms with Gasteiger partial charge in [-0.1, -0.05) is 42.0 Å². The quantitative estimate of drug-likeness (QED) is 0.486. The van der Waals surface area contributed by atoms with E-state index >= 15 is 0 Å². The van der Waals surface area contributed by atoms with Gasteiger partial charge in [0.15, 0.2) is 5.82 Å². The zero-order valence-corrected chi connectivity index (χ0v) is 17.5. The molecule has 4 aromatic rings. The lowest BCUT2D eigenvalue weighted by molar-refractivity contribution is -0.136. The first-order valence-corrected chi connectivity index (χ1v) is 10.4. The molecule has 2 heterocycles. The maximum absolute atomic E-state index is 12.1. The van der Waals surface area contributed by atoms with Crippen molar-refractivity contribution in [1.29, 1.82) is 0 Å². The summed E-state index contributed by atoms with van der Waals surface area (Å²) in [6.07, 6.45) is 0.542. The van der Waals surface area contributed by atoms with Crippen molar-refractivity contribution < 1.29 is 9.59 Å². The van der Waals surface area contributed by atoms with E-state index in [-0.39, 0.29) is 0 Å². The van der Waals surface area contributed by atoms with Crippen molar-refractivity contribution in [2.75, 3.05) is 11.9 Å². The fourth-order valence-electron chi connectivity index (χ4n) is 3.04. The summed E-state index contributed by atoms with van der Waals surface area (Å²) in [6.45, 7) is 4.31. The average molecular weight is 420 g/mol. The summed E-state index contributed by atoms with van der Waals surface area (Å²) in [5, 5.41) is 11.8. The van der Waals surface area contributed by atoms with E-state index in [0.29, 0.717) is 24.5 Å². The Morgan fingerprint density at radius 1 is 1.03 bits per heavy atom. The Balaban J connectivity index is 1.37. The van der Waals surface area contributed by atoms with Crippen molar-refractivity contribution in [3.63, 3.8) is 0 Å². The van der Waals surface area contributed by atoms with E-state index in [9.17, 15) is 9.59 Å². The zero-order chi connectivity index (χ0) is 21.1. The van der Waals surface area contributed by atoms with Gasteiger partial charge >= 0.3 is 11.8 Å². The first-order chi connectivity index (χ1) is 14.5. The van der Waals surface area contributed by atoms with E-state index in [1.807, 2.05) is 55.6 Å². The highest BCUT2D eigenvalue weighted by atomic mass is 32.1. The van der Waals surface area contributed by atoms with E-state index < -0.39 is 11.8 Å². The van der Waals surface area contributed by atoms with Crippen LogP contribution < -0.4 is 10.6 Å². The van der Waals surface area contributed by atoms with Crippen LogP contribution in [-0.2, 0) is 16.0 Å². The summed E-state index contributed by atoms with van der Waals surface area (Å²) >= 11 is 1.50. The second-order valence-corrected chi connectivity index (χ2v) is 7.83. The summed E-state index contributed by atoms with van der Waals surface area (Å²) in [7, 11) is 0. The van der Waals surface area contributed by atoms with Gasteiger partial charge in [0.25, 0.3) is 0 Å². The van der Waals surface area contributed by atoms with Crippen LogP contribution in [-0.4, -0.2) is 33.0 Å². The predicted molar refractivity (Wildman–Crippen MR) is 118 cm³/mol. The number of aryl methyl sites for hydroxylation is 2. The number of rotatable bonds is 5. The lowest BCUT2D eigenvalue weighted by Gasteiger charge is -2.06. The number of benzene rings is 2. The molecule has 0 saturated carbocycles. The van der Waals surface area contributed by atoms with Crippen LogP contribution in [0.4, 0.5) is 5.69 Å². The highest BCUT2D eigenvalue weighted by molar-refractivity contribution is 7.15. The van der Waals surface area contributed by atoms with Crippen LogP contribution in [0.1, 0.15) is 16.8 Å². The van der Waals surface area contributed by atoms with E-state index in [2.05, 4.69) is 20.7 Å². The zero-order valence-electron chi connectivity index (χ0n) is 16.7. The number of nitrogens with one attached hydrogen (secondary N) is 2. The van der Waals surface area contributed by atoms with Gasteiger partial charge < -0.3 is 10.6 Å². The molecule has 7 nitrogen and oxygen atoms in total. The average Bonchev–Trinajstić information content (AvgIpc) is 3.31. The van der Waals surface area contributed by atoms with Gasteiger partial charge in [-0.2, -0.15) is 4.98 Å². The van der Waals surface area contributed by atoms with Crippen molar-refractivity contribution in [3.8, 4) is 11.4 Å². The summed E-state index contributed by atoms with van der Waals surface area (Å²) in [4.78, 5) is 29.5. The number of fused-ring (bicyclic) bond motifs is 1. The molecule has 2 N–H and O–H groups in total. The fraction of sp³-hybridized carbons (Fsp3) is 0.182. The first-order valence-electron chi connectivity index (χ1n) is 9.56. The van der Waals surface area contributed by atoms with Gasteiger partial charge in [0, 0.05) is 29.6 Å². The molecular formula is C22H21N5O2S. The van der Waals surface area contributed by atoms with Crippen molar-refractivity contribution in [1.82, 2.24) is 19.9 Å². The third-order valence-corrected chi connectivity index (χ3v) is 5.58. The third-order valence-electron chi connectivity index (χ3n) is 4.72. The molecule has 0 aliphatic rings.